The molecule has 0 spiro atoms. The summed E-state index contributed by atoms with van der Waals surface area (Å²) in [6.07, 6.45) is 4.15. The first-order chi connectivity index (χ1) is 9.24. The molecule has 4 heteroatoms. The maximum atomic E-state index is 12.2. The van der Waals surface area contributed by atoms with Gasteiger partial charge in [0, 0.05) is 11.8 Å². The standard InChI is InChI=1S/C15H14N2O2/c16-13-2-1-9-17-14(13)15(18)10-3-5-11(6-4-10)19-12-7-8-12/h1-6,9,12H,7-8,16H2. The Morgan fingerprint density at radius 2 is 1.95 bits per heavy atom. The molecule has 1 aromatic heterocycles. The van der Waals surface area contributed by atoms with E-state index in [0.29, 0.717) is 23.0 Å². The minimum Gasteiger partial charge on any atom is -0.490 e. The van der Waals surface area contributed by atoms with E-state index in [9.17, 15) is 4.79 Å². The molecule has 0 bridgehead atoms. The number of hydrogen-bond acceptors (Lipinski definition) is 4. The van der Waals surface area contributed by atoms with E-state index in [1.54, 1.807) is 30.5 Å². The van der Waals surface area contributed by atoms with Gasteiger partial charge in [-0.2, -0.15) is 0 Å². The third kappa shape index (κ3) is 2.57. The van der Waals surface area contributed by atoms with E-state index in [-0.39, 0.29) is 5.78 Å². The van der Waals surface area contributed by atoms with Crippen molar-refractivity contribution in [1.29, 1.82) is 0 Å². The van der Waals surface area contributed by atoms with Crippen molar-refractivity contribution in [1.82, 2.24) is 4.98 Å². The second kappa shape index (κ2) is 4.72. The molecule has 1 aliphatic rings. The Kier molecular flexibility index (Phi) is 2.91. The van der Waals surface area contributed by atoms with Crippen LogP contribution in [0, 0.1) is 0 Å². The Labute approximate surface area is 111 Å². The Bertz CT molecular complexity index is 604. The normalized spacial score (nSPS) is 14.1. The Morgan fingerprint density at radius 1 is 1.21 bits per heavy atom. The second-order valence-corrected chi connectivity index (χ2v) is 4.61. The van der Waals surface area contributed by atoms with Gasteiger partial charge in [0.1, 0.15) is 11.4 Å². The third-order valence-electron chi connectivity index (χ3n) is 3.00. The molecular weight excluding hydrogens is 240 g/mol. The first kappa shape index (κ1) is 11.7. The van der Waals surface area contributed by atoms with E-state index in [2.05, 4.69) is 4.98 Å². The van der Waals surface area contributed by atoms with Crippen molar-refractivity contribution in [2.45, 2.75) is 18.9 Å². The van der Waals surface area contributed by atoms with Crippen LogP contribution in [-0.2, 0) is 0 Å². The highest BCUT2D eigenvalue weighted by atomic mass is 16.5. The van der Waals surface area contributed by atoms with Crippen LogP contribution in [0.5, 0.6) is 5.75 Å². The van der Waals surface area contributed by atoms with Crippen molar-refractivity contribution < 1.29 is 9.53 Å². The van der Waals surface area contributed by atoms with Crippen LogP contribution in [0.3, 0.4) is 0 Å². The minimum atomic E-state index is -0.170. The van der Waals surface area contributed by atoms with Crippen LogP contribution in [0.4, 0.5) is 5.69 Å². The SMILES string of the molecule is Nc1cccnc1C(=O)c1ccc(OC2CC2)cc1. The number of hydrogen-bond donors (Lipinski definition) is 1. The van der Waals surface area contributed by atoms with Gasteiger partial charge < -0.3 is 10.5 Å². The van der Waals surface area contributed by atoms with Crippen molar-refractivity contribution in [2.75, 3.05) is 5.73 Å². The summed E-state index contributed by atoms with van der Waals surface area (Å²) < 4.78 is 5.64. The van der Waals surface area contributed by atoms with Gasteiger partial charge in [-0.15, -0.1) is 0 Å². The van der Waals surface area contributed by atoms with Crippen LogP contribution < -0.4 is 10.5 Å². The number of aromatic nitrogens is 1. The molecular formula is C15H14N2O2. The molecule has 4 nitrogen and oxygen atoms in total. The number of nitrogens with two attached hydrogens (primary N) is 1. The Balaban J connectivity index is 1.81. The average molecular weight is 254 g/mol. The summed E-state index contributed by atoms with van der Waals surface area (Å²) in [5.74, 6) is 0.629. The van der Waals surface area contributed by atoms with E-state index in [1.165, 1.54) is 0 Å². The van der Waals surface area contributed by atoms with Crippen molar-refractivity contribution >= 4 is 11.5 Å². The number of carbonyl (C=O) groups excluding carboxylic acids is 1. The fourth-order valence-corrected chi connectivity index (χ4v) is 1.81. The predicted octanol–water partition coefficient (Wildman–Crippen LogP) is 2.44. The number of ether oxygens (including phenoxy) is 1. The fourth-order valence-electron chi connectivity index (χ4n) is 1.81. The Morgan fingerprint density at radius 3 is 2.58 bits per heavy atom. The number of nitrogens with zero attached hydrogens (tertiary/aromatic N) is 1. The molecule has 0 aliphatic heterocycles. The molecule has 0 atom stereocenters. The number of anilines is 1. The van der Waals surface area contributed by atoms with Crippen LogP contribution in [-0.4, -0.2) is 16.9 Å². The first-order valence-electron chi connectivity index (χ1n) is 6.26. The maximum Gasteiger partial charge on any atom is 0.213 e. The summed E-state index contributed by atoms with van der Waals surface area (Å²) in [5.41, 5.74) is 7.00. The molecule has 0 unspecified atom stereocenters. The minimum absolute atomic E-state index is 0.170. The molecule has 1 aromatic carbocycles. The van der Waals surface area contributed by atoms with Gasteiger partial charge in [0.15, 0.2) is 0 Å². The topological polar surface area (TPSA) is 65.2 Å². The monoisotopic (exact) mass is 254 g/mol. The molecule has 96 valence electrons. The zero-order valence-electron chi connectivity index (χ0n) is 10.4. The smallest absolute Gasteiger partial charge is 0.213 e. The molecule has 0 saturated heterocycles. The van der Waals surface area contributed by atoms with Crippen molar-refractivity contribution in [2.24, 2.45) is 0 Å². The number of pyridine rings is 1. The van der Waals surface area contributed by atoms with Gasteiger partial charge in [-0.05, 0) is 49.2 Å². The summed E-state index contributed by atoms with van der Waals surface area (Å²) >= 11 is 0. The first-order valence-corrected chi connectivity index (χ1v) is 6.26. The fraction of sp³-hybridized carbons (Fsp3) is 0.200. The van der Waals surface area contributed by atoms with Gasteiger partial charge in [0.05, 0.1) is 11.8 Å². The average Bonchev–Trinajstić information content (AvgIpc) is 3.23. The van der Waals surface area contributed by atoms with Crippen molar-refractivity contribution in [3.63, 3.8) is 0 Å². The number of nitrogen functional groups attached to an aromatic ring is 1. The molecule has 1 aliphatic carbocycles. The zero-order valence-corrected chi connectivity index (χ0v) is 10.4. The van der Waals surface area contributed by atoms with E-state index < -0.39 is 0 Å². The lowest BCUT2D eigenvalue weighted by Crippen LogP contribution is -2.07. The highest BCUT2D eigenvalue weighted by molar-refractivity contribution is 6.10. The molecule has 0 amide bonds. The molecule has 2 N–H and O–H groups in total. The number of benzene rings is 1. The van der Waals surface area contributed by atoms with Gasteiger partial charge in [0.25, 0.3) is 0 Å². The molecule has 1 heterocycles. The highest BCUT2D eigenvalue weighted by Crippen LogP contribution is 2.27. The Hall–Kier alpha value is -2.36. The molecule has 2 aromatic rings. The van der Waals surface area contributed by atoms with Gasteiger partial charge in [0.2, 0.25) is 5.78 Å². The van der Waals surface area contributed by atoms with Crippen LogP contribution in [0.2, 0.25) is 0 Å². The lowest BCUT2D eigenvalue weighted by atomic mass is 10.1. The molecule has 3 rings (SSSR count). The van der Waals surface area contributed by atoms with Gasteiger partial charge in [-0.1, -0.05) is 0 Å². The van der Waals surface area contributed by atoms with E-state index in [1.807, 2.05) is 12.1 Å². The van der Waals surface area contributed by atoms with Gasteiger partial charge in [-0.25, -0.2) is 0 Å². The third-order valence-corrected chi connectivity index (χ3v) is 3.00. The molecule has 19 heavy (non-hydrogen) atoms. The van der Waals surface area contributed by atoms with Crippen LogP contribution >= 0.6 is 0 Å². The molecule has 0 radical (unpaired) electrons. The van der Waals surface area contributed by atoms with E-state index in [0.717, 1.165) is 18.6 Å². The van der Waals surface area contributed by atoms with E-state index in [4.69, 9.17) is 10.5 Å². The highest BCUT2D eigenvalue weighted by Gasteiger charge is 2.23. The lowest BCUT2D eigenvalue weighted by molar-refractivity contribution is 0.103. The second-order valence-electron chi connectivity index (χ2n) is 4.61. The van der Waals surface area contributed by atoms with Crippen LogP contribution in [0.25, 0.3) is 0 Å². The van der Waals surface area contributed by atoms with E-state index >= 15 is 0 Å². The van der Waals surface area contributed by atoms with Gasteiger partial charge in [-0.3, -0.25) is 9.78 Å². The lowest BCUT2D eigenvalue weighted by Gasteiger charge is -2.06. The summed E-state index contributed by atoms with van der Waals surface area (Å²) in [6, 6.07) is 10.5. The van der Waals surface area contributed by atoms with Crippen molar-refractivity contribution in [3.8, 4) is 5.75 Å². The zero-order chi connectivity index (χ0) is 13.2. The number of rotatable bonds is 4. The summed E-state index contributed by atoms with van der Waals surface area (Å²) in [7, 11) is 0. The quantitative estimate of drug-likeness (QED) is 0.851. The molecule has 1 saturated carbocycles. The summed E-state index contributed by atoms with van der Waals surface area (Å²) in [5, 5.41) is 0. The van der Waals surface area contributed by atoms with Gasteiger partial charge >= 0.3 is 0 Å². The largest absolute Gasteiger partial charge is 0.490 e. The summed E-state index contributed by atoms with van der Waals surface area (Å²) in [6.45, 7) is 0. The summed E-state index contributed by atoms with van der Waals surface area (Å²) in [4.78, 5) is 16.3. The predicted molar refractivity (Wildman–Crippen MR) is 72.2 cm³/mol. The van der Waals surface area contributed by atoms with Crippen LogP contribution in [0.15, 0.2) is 42.6 Å². The van der Waals surface area contributed by atoms with Crippen LogP contribution in [0.1, 0.15) is 28.9 Å². The maximum absolute atomic E-state index is 12.2. The molecule has 1 fully saturated rings. The number of carbonyl (C=O) groups is 1. The van der Waals surface area contributed by atoms with Crippen molar-refractivity contribution in [3.05, 3.63) is 53.9 Å². The number of ketones is 1.